The van der Waals surface area contributed by atoms with Crippen molar-refractivity contribution in [3.05, 3.63) is 34.9 Å². The Morgan fingerprint density at radius 3 is 2.82 bits per heavy atom. The molecule has 2 heterocycles. The van der Waals surface area contributed by atoms with Gasteiger partial charge in [-0.2, -0.15) is 0 Å². The van der Waals surface area contributed by atoms with Gasteiger partial charge in [-0.1, -0.05) is 25.0 Å². The predicted molar refractivity (Wildman–Crippen MR) is 106 cm³/mol. The second kappa shape index (κ2) is 9.30. The van der Waals surface area contributed by atoms with Crippen LogP contribution in [0.4, 0.5) is 0 Å². The van der Waals surface area contributed by atoms with E-state index in [0.717, 1.165) is 43.5 Å². The molecule has 0 spiro atoms. The number of nitrogens with two attached hydrogens (primary N) is 1. The number of unbranched alkanes of at least 4 members (excludes halogenated alkanes) is 2. The molecule has 2 aliphatic heterocycles. The SMILES string of the molecule is C[C@H](N)CCCCCNCc1ccc2c(c1)CN(C1CCC(=O)NC1=O)C2=O. The van der Waals surface area contributed by atoms with Crippen molar-refractivity contribution in [3.8, 4) is 0 Å². The van der Waals surface area contributed by atoms with Gasteiger partial charge in [-0.3, -0.25) is 19.7 Å². The first-order valence-corrected chi connectivity index (χ1v) is 10.2. The molecule has 2 atom stereocenters. The van der Waals surface area contributed by atoms with Crippen molar-refractivity contribution in [2.45, 2.75) is 70.6 Å². The molecule has 7 nitrogen and oxygen atoms in total. The third kappa shape index (κ3) is 4.97. The van der Waals surface area contributed by atoms with Gasteiger partial charge in [-0.05, 0) is 49.9 Å². The molecular formula is C21H30N4O3. The number of fused-ring (bicyclic) bond motifs is 1. The number of carbonyl (C=O) groups is 3. The van der Waals surface area contributed by atoms with E-state index in [2.05, 4.69) is 10.6 Å². The van der Waals surface area contributed by atoms with Crippen LogP contribution in [0.1, 0.15) is 66.9 Å². The van der Waals surface area contributed by atoms with E-state index in [9.17, 15) is 14.4 Å². The number of hydrogen-bond acceptors (Lipinski definition) is 5. The van der Waals surface area contributed by atoms with E-state index >= 15 is 0 Å². The van der Waals surface area contributed by atoms with Gasteiger partial charge in [0.2, 0.25) is 11.8 Å². The predicted octanol–water partition coefficient (Wildman–Crippen LogP) is 1.44. The van der Waals surface area contributed by atoms with Crippen molar-refractivity contribution in [2.24, 2.45) is 5.73 Å². The van der Waals surface area contributed by atoms with Gasteiger partial charge in [0, 0.05) is 31.1 Å². The first-order chi connectivity index (χ1) is 13.5. The quantitative estimate of drug-likeness (QED) is 0.440. The van der Waals surface area contributed by atoms with E-state index in [4.69, 9.17) is 5.73 Å². The molecule has 1 aromatic carbocycles. The minimum atomic E-state index is -0.560. The van der Waals surface area contributed by atoms with Crippen LogP contribution in [-0.4, -0.2) is 41.2 Å². The highest BCUT2D eigenvalue weighted by atomic mass is 16.2. The topological polar surface area (TPSA) is 105 Å². The Kier molecular flexibility index (Phi) is 6.80. The first-order valence-electron chi connectivity index (χ1n) is 10.2. The number of nitrogens with zero attached hydrogens (tertiary/aromatic N) is 1. The maximum absolute atomic E-state index is 12.7. The number of carbonyl (C=O) groups excluding carboxylic acids is 3. The first kappa shape index (κ1) is 20.5. The van der Waals surface area contributed by atoms with Gasteiger partial charge in [-0.25, -0.2) is 0 Å². The largest absolute Gasteiger partial charge is 0.328 e. The average molecular weight is 386 g/mol. The minimum Gasteiger partial charge on any atom is -0.328 e. The number of rotatable bonds is 9. The Labute approximate surface area is 166 Å². The Morgan fingerprint density at radius 2 is 2.07 bits per heavy atom. The maximum atomic E-state index is 12.7. The third-order valence-corrected chi connectivity index (χ3v) is 5.43. The molecule has 0 aliphatic carbocycles. The zero-order chi connectivity index (χ0) is 20.1. The van der Waals surface area contributed by atoms with E-state index in [1.807, 2.05) is 25.1 Å². The van der Waals surface area contributed by atoms with Crippen LogP contribution in [0, 0.1) is 0 Å². The lowest BCUT2D eigenvalue weighted by Crippen LogP contribution is -2.52. The molecule has 0 radical (unpaired) electrons. The highest BCUT2D eigenvalue weighted by Crippen LogP contribution is 2.28. The minimum absolute atomic E-state index is 0.127. The fraction of sp³-hybridized carbons (Fsp3) is 0.571. The normalized spacial score (nSPS) is 20.3. The lowest BCUT2D eigenvalue weighted by Gasteiger charge is -2.29. The molecule has 28 heavy (non-hydrogen) atoms. The number of piperidine rings is 1. The summed E-state index contributed by atoms with van der Waals surface area (Å²) >= 11 is 0. The van der Waals surface area contributed by atoms with Gasteiger partial charge >= 0.3 is 0 Å². The summed E-state index contributed by atoms with van der Waals surface area (Å²) in [7, 11) is 0. The Bertz CT molecular complexity index is 747. The second-order valence-electron chi connectivity index (χ2n) is 7.89. The summed E-state index contributed by atoms with van der Waals surface area (Å²) in [5, 5.41) is 5.78. The van der Waals surface area contributed by atoms with Crippen LogP contribution in [0.15, 0.2) is 18.2 Å². The number of amides is 3. The fourth-order valence-corrected chi connectivity index (χ4v) is 3.86. The van der Waals surface area contributed by atoms with Crippen molar-refractivity contribution in [1.29, 1.82) is 0 Å². The second-order valence-corrected chi connectivity index (χ2v) is 7.89. The molecule has 4 N–H and O–H groups in total. The van der Waals surface area contributed by atoms with E-state index in [-0.39, 0.29) is 30.2 Å². The zero-order valence-electron chi connectivity index (χ0n) is 16.5. The number of benzene rings is 1. The lowest BCUT2D eigenvalue weighted by molar-refractivity contribution is -0.136. The number of imide groups is 1. The van der Waals surface area contributed by atoms with Gasteiger partial charge in [0.15, 0.2) is 0 Å². The molecule has 0 bridgehead atoms. The van der Waals surface area contributed by atoms with Crippen molar-refractivity contribution in [1.82, 2.24) is 15.5 Å². The van der Waals surface area contributed by atoms with Crippen LogP contribution in [-0.2, 0) is 22.7 Å². The molecule has 1 unspecified atom stereocenters. The molecule has 3 rings (SSSR count). The van der Waals surface area contributed by atoms with Gasteiger partial charge in [-0.15, -0.1) is 0 Å². The summed E-state index contributed by atoms with van der Waals surface area (Å²) in [6.45, 7) is 4.17. The Balaban J connectivity index is 1.49. The van der Waals surface area contributed by atoms with Crippen molar-refractivity contribution in [2.75, 3.05) is 6.54 Å². The van der Waals surface area contributed by atoms with E-state index in [0.29, 0.717) is 18.5 Å². The Morgan fingerprint density at radius 1 is 1.25 bits per heavy atom. The summed E-state index contributed by atoms with van der Waals surface area (Å²) in [6, 6.07) is 5.58. The molecule has 152 valence electrons. The van der Waals surface area contributed by atoms with E-state index in [1.54, 1.807) is 4.90 Å². The van der Waals surface area contributed by atoms with Gasteiger partial charge in [0.05, 0.1) is 0 Å². The fourth-order valence-electron chi connectivity index (χ4n) is 3.86. The van der Waals surface area contributed by atoms with Crippen molar-refractivity contribution < 1.29 is 14.4 Å². The lowest BCUT2D eigenvalue weighted by atomic mass is 10.0. The molecule has 2 aliphatic rings. The molecule has 1 saturated heterocycles. The third-order valence-electron chi connectivity index (χ3n) is 5.43. The van der Waals surface area contributed by atoms with Crippen LogP contribution in [0.25, 0.3) is 0 Å². The van der Waals surface area contributed by atoms with Gasteiger partial charge in [0.25, 0.3) is 5.91 Å². The van der Waals surface area contributed by atoms with Gasteiger partial charge in [0.1, 0.15) is 6.04 Å². The zero-order valence-corrected chi connectivity index (χ0v) is 16.5. The van der Waals surface area contributed by atoms with E-state index < -0.39 is 6.04 Å². The van der Waals surface area contributed by atoms with Crippen LogP contribution in [0.2, 0.25) is 0 Å². The molecule has 0 aromatic heterocycles. The number of nitrogens with one attached hydrogen (secondary N) is 2. The molecule has 0 saturated carbocycles. The van der Waals surface area contributed by atoms with E-state index in [1.165, 1.54) is 6.42 Å². The molecule has 1 fully saturated rings. The summed E-state index contributed by atoms with van der Waals surface area (Å²) in [5.41, 5.74) is 8.49. The summed E-state index contributed by atoms with van der Waals surface area (Å²) < 4.78 is 0. The summed E-state index contributed by atoms with van der Waals surface area (Å²) in [5.74, 6) is -0.766. The molecular weight excluding hydrogens is 356 g/mol. The van der Waals surface area contributed by atoms with Crippen molar-refractivity contribution >= 4 is 17.7 Å². The summed E-state index contributed by atoms with van der Waals surface area (Å²) in [4.78, 5) is 37.7. The van der Waals surface area contributed by atoms with Crippen LogP contribution in [0.5, 0.6) is 0 Å². The van der Waals surface area contributed by atoms with Crippen LogP contribution >= 0.6 is 0 Å². The molecule has 3 amide bonds. The molecule has 7 heteroatoms. The van der Waals surface area contributed by atoms with Crippen LogP contribution < -0.4 is 16.4 Å². The van der Waals surface area contributed by atoms with Crippen LogP contribution in [0.3, 0.4) is 0 Å². The number of hydrogen-bond donors (Lipinski definition) is 3. The van der Waals surface area contributed by atoms with Gasteiger partial charge < -0.3 is 16.0 Å². The smallest absolute Gasteiger partial charge is 0.255 e. The maximum Gasteiger partial charge on any atom is 0.255 e. The highest BCUT2D eigenvalue weighted by Gasteiger charge is 2.38. The summed E-state index contributed by atoms with van der Waals surface area (Å²) in [6.07, 6.45) is 5.20. The molecule has 1 aromatic rings. The monoisotopic (exact) mass is 386 g/mol. The highest BCUT2D eigenvalue weighted by molar-refractivity contribution is 6.05. The Hall–Kier alpha value is -2.25. The average Bonchev–Trinajstić information content (AvgIpc) is 2.96. The standard InChI is InChI=1S/C21H30N4O3/c1-14(22)5-3-2-4-10-23-12-15-6-7-17-16(11-15)13-25(21(17)28)18-8-9-19(26)24-20(18)27/h6-7,11,14,18,23H,2-5,8-10,12-13,22H2,1H3,(H,24,26,27)/t14-,18?/m0/s1. The van der Waals surface area contributed by atoms with Crippen molar-refractivity contribution in [3.63, 3.8) is 0 Å².